The zero-order valence-corrected chi connectivity index (χ0v) is 17.9. The highest BCUT2D eigenvalue weighted by molar-refractivity contribution is 14.0. The SMILES string of the molecule is CCNC(=NCC(C)c1ccc(C)cc1)NCCCCOCC.I. The van der Waals surface area contributed by atoms with Gasteiger partial charge in [-0.05, 0) is 39.2 Å². The molecule has 0 bridgehead atoms. The van der Waals surface area contributed by atoms with Crippen molar-refractivity contribution in [1.29, 1.82) is 0 Å². The molecular weight excluding hydrogens is 413 g/mol. The molecule has 0 fully saturated rings. The molecule has 4 nitrogen and oxygen atoms in total. The number of unbranched alkanes of at least 4 members (excludes halogenated alkanes) is 1. The van der Waals surface area contributed by atoms with Crippen molar-refractivity contribution in [1.82, 2.24) is 10.6 Å². The number of nitrogens with one attached hydrogen (secondary N) is 2. The van der Waals surface area contributed by atoms with Crippen LogP contribution in [0, 0.1) is 6.92 Å². The van der Waals surface area contributed by atoms with E-state index >= 15 is 0 Å². The highest BCUT2D eigenvalue weighted by Gasteiger charge is 2.05. The molecule has 1 unspecified atom stereocenters. The Morgan fingerprint density at radius 1 is 1.12 bits per heavy atom. The number of benzene rings is 1. The number of nitrogens with zero attached hydrogens (tertiary/aromatic N) is 1. The van der Waals surface area contributed by atoms with Crippen LogP contribution in [0.3, 0.4) is 0 Å². The fourth-order valence-electron chi connectivity index (χ4n) is 2.25. The van der Waals surface area contributed by atoms with Gasteiger partial charge in [0.05, 0.1) is 0 Å². The maximum Gasteiger partial charge on any atom is 0.191 e. The van der Waals surface area contributed by atoms with Gasteiger partial charge in [0.1, 0.15) is 0 Å². The summed E-state index contributed by atoms with van der Waals surface area (Å²) in [5.74, 6) is 1.33. The number of guanidine groups is 1. The molecule has 1 aromatic carbocycles. The monoisotopic (exact) mass is 447 g/mol. The number of hydrogen-bond acceptors (Lipinski definition) is 2. The second-order valence-corrected chi connectivity index (χ2v) is 5.86. The van der Waals surface area contributed by atoms with Gasteiger partial charge in [0, 0.05) is 38.8 Å². The Labute approximate surface area is 164 Å². The van der Waals surface area contributed by atoms with Crippen LogP contribution < -0.4 is 10.6 Å². The predicted octanol–water partition coefficient (Wildman–Crippen LogP) is 4.09. The number of rotatable bonds is 10. The van der Waals surface area contributed by atoms with Crippen LogP contribution in [0.1, 0.15) is 50.7 Å². The van der Waals surface area contributed by atoms with E-state index in [1.54, 1.807) is 0 Å². The summed E-state index contributed by atoms with van der Waals surface area (Å²) in [5.41, 5.74) is 2.64. The van der Waals surface area contributed by atoms with E-state index in [1.807, 2.05) is 6.92 Å². The van der Waals surface area contributed by atoms with Crippen molar-refractivity contribution >= 4 is 29.9 Å². The molecule has 0 aliphatic heterocycles. The van der Waals surface area contributed by atoms with E-state index in [0.717, 1.165) is 51.6 Å². The van der Waals surface area contributed by atoms with Gasteiger partial charge in [0.25, 0.3) is 0 Å². The van der Waals surface area contributed by atoms with E-state index in [1.165, 1.54) is 11.1 Å². The molecule has 0 aliphatic carbocycles. The van der Waals surface area contributed by atoms with Gasteiger partial charge in [-0.3, -0.25) is 4.99 Å². The van der Waals surface area contributed by atoms with Crippen LogP contribution in [-0.2, 0) is 4.74 Å². The molecule has 5 heteroatoms. The van der Waals surface area contributed by atoms with Gasteiger partial charge in [0.2, 0.25) is 0 Å². The summed E-state index contributed by atoms with van der Waals surface area (Å²) < 4.78 is 5.35. The Bertz CT molecular complexity index is 448. The molecule has 24 heavy (non-hydrogen) atoms. The van der Waals surface area contributed by atoms with Gasteiger partial charge in [-0.2, -0.15) is 0 Å². The standard InChI is InChI=1S/C19H33N3O.HI/c1-5-20-19(21-13-7-8-14-23-6-2)22-15-17(4)18-11-9-16(3)10-12-18;/h9-12,17H,5-8,13-15H2,1-4H3,(H2,20,21,22);1H. The van der Waals surface area contributed by atoms with Gasteiger partial charge in [0.15, 0.2) is 5.96 Å². The predicted molar refractivity (Wildman–Crippen MR) is 115 cm³/mol. The lowest BCUT2D eigenvalue weighted by molar-refractivity contribution is 0.143. The number of hydrogen-bond donors (Lipinski definition) is 2. The van der Waals surface area contributed by atoms with Crippen molar-refractivity contribution in [3.63, 3.8) is 0 Å². The largest absolute Gasteiger partial charge is 0.382 e. The number of aryl methyl sites for hydroxylation is 1. The number of aliphatic imine (C=N–C) groups is 1. The molecule has 0 spiro atoms. The Balaban J connectivity index is 0.00000529. The summed E-state index contributed by atoms with van der Waals surface area (Å²) in [6.07, 6.45) is 2.18. The summed E-state index contributed by atoms with van der Waals surface area (Å²) in [6.45, 7) is 12.7. The van der Waals surface area contributed by atoms with Crippen molar-refractivity contribution < 1.29 is 4.74 Å². The summed E-state index contributed by atoms with van der Waals surface area (Å²) in [4.78, 5) is 4.71. The molecule has 1 atom stereocenters. The van der Waals surface area contributed by atoms with Crippen molar-refractivity contribution in [2.45, 2.75) is 46.5 Å². The minimum atomic E-state index is 0. The summed E-state index contributed by atoms with van der Waals surface area (Å²) in [5, 5.41) is 6.71. The molecule has 1 rings (SSSR count). The second-order valence-electron chi connectivity index (χ2n) is 5.86. The van der Waals surface area contributed by atoms with Crippen molar-refractivity contribution in [2.24, 2.45) is 4.99 Å². The second kappa shape index (κ2) is 14.5. The van der Waals surface area contributed by atoms with Gasteiger partial charge in [-0.1, -0.05) is 36.8 Å². The van der Waals surface area contributed by atoms with E-state index in [-0.39, 0.29) is 24.0 Å². The highest BCUT2D eigenvalue weighted by atomic mass is 127. The molecule has 1 aromatic rings. The quantitative estimate of drug-likeness (QED) is 0.246. The molecule has 0 saturated heterocycles. The lowest BCUT2D eigenvalue weighted by Crippen LogP contribution is -2.38. The van der Waals surface area contributed by atoms with Crippen molar-refractivity contribution in [2.75, 3.05) is 32.8 Å². The topological polar surface area (TPSA) is 45.7 Å². The first-order valence-corrected chi connectivity index (χ1v) is 8.83. The maximum atomic E-state index is 5.35. The van der Waals surface area contributed by atoms with Crippen LogP contribution in [0.4, 0.5) is 0 Å². The number of halogens is 1. The first-order valence-electron chi connectivity index (χ1n) is 8.83. The zero-order valence-electron chi connectivity index (χ0n) is 15.6. The molecule has 0 heterocycles. The fraction of sp³-hybridized carbons (Fsp3) is 0.632. The minimum Gasteiger partial charge on any atom is -0.382 e. The summed E-state index contributed by atoms with van der Waals surface area (Å²) in [6, 6.07) is 8.72. The Morgan fingerprint density at radius 3 is 2.46 bits per heavy atom. The molecule has 2 N–H and O–H groups in total. The Hall–Kier alpha value is -0.820. The highest BCUT2D eigenvalue weighted by Crippen LogP contribution is 2.15. The lowest BCUT2D eigenvalue weighted by Gasteiger charge is -2.14. The van der Waals surface area contributed by atoms with Gasteiger partial charge < -0.3 is 15.4 Å². The Kier molecular flexibility index (Phi) is 14.0. The van der Waals surface area contributed by atoms with Crippen LogP contribution in [0.15, 0.2) is 29.3 Å². The van der Waals surface area contributed by atoms with Gasteiger partial charge in [-0.25, -0.2) is 0 Å². The van der Waals surface area contributed by atoms with Gasteiger partial charge >= 0.3 is 0 Å². The Morgan fingerprint density at radius 2 is 1.83 bits per heavy atom. The summed E-state index contributed by atoms with van der Waals surface area (Å²) >= 11 is 0. The fourth-order valence-corrected chi connectivity index (χ4v) is 2.25. The van der Waals surface area contributed by atoms with Crippen LogP contribution in [-0.4, -0.2) is 38.8 Å². The number of ether oxygens (including phenoxy) is 1. The normalized spacial score (nSPS) is 12.4. The van der Waals surface area contributed by atoms with Crippen LogP contribution in [0.5, 0.6) is 0 Å². The minimum absolute atomic E-state index is 0. The van der Waals surface area contributed by atoms with E-state index in [4.69, 9.17) is 9.73 Å². The maximum absolute atomic E-state index is 5.35. The third kappa shape index (κ3) is 10.1. The van der Waals surface area contributed by atoms with E-state index in [0.29, 0.717) is 5.92 Å². The molecule has 0 aliphatic rings. The average molecular weight is 447 g/mol. The van der Waals surface area contributed by atoms with Crippen molar-refractivity contribution in [3.8, 4) is 0 Å². The zero-order chi connectivity index (χ0) is 16.9. The van der Waals surface area contributed by atoms with Crippen LogP contribution in [0.2, 0.25) is 0 Å². The molecular formula is C19H34IN3O. The molecule has 0 amide bonds. The van der Waals surface area contributed by atoms with Gasteiger partial charge in [-0.15, -0.1) is 24.0 Å². The average Bonchev–Trinajstić information content (AvgIpc) is 2.56. The van der Waals surface area contributed by atoms with E-state index < -0.39 is 0 Å². The van der Waals surface area contributed by atoms with Crippen molar-refractivity contribution in [3.05, 3.63) is 35.4 Å². The van der Waals surface area contributed by atoms with Crippen LogP contribution in [0.25, 0.3) is 0 Å². The van der Waals surface area contributed by atoms with E-state index in [2.05, 4.69) is 55.7 Å². The van der Waals surface area contributed by atoms with Crippen LogP contribution >= 0.6 is 24.0 Å². The summed E-state index contributed by atoms with van der Waals surface area (Å²) in [7, 11) is 0. The smallest absolute Gasteiger partial charge is 0.191 e. The first-order chi connectivity index (χ1) is 11.2. The van der Waals surface area contributed by atoms with E-state index in [9.17, 15) is 0 Å². The third-order valence-corrected chi connectivity index (χ3v) is 3.73. The molecule has 0 aromatic heterocycles. The molecule has 0 saturated carbocycles. The molecule has 138 valence electrons. The third-order valence-electron chi connectivity index (χ3n) is 3.73. The molecule has 0 radical (unpaired) electrons. The first kappa shape index (κ1) is 23.2. The lowest BCUT2D eigenvalue weighted by atomic mass is 10.0.